The zero-order chi connectivity index (χ0) is 10.5. The number of benzene rings is 1. The summed E-state index contributed by atoms with van der Waals surface area (Å²) in [5.41, 5.74) is 1.31. The third-order valence-electron chi connectivity index (χ3n) is 2.75. The molecule has 1 unspecified atom stereocenters. The van der Waals surface area contributed by atoms with Crippen LogP contribution in [-0.2, 0) is 0 Å². The maximum Gasteiger partial charge on any atom is 0.0456 e. The Morgan fingerprint density at radius 1 is 1.40 bits per heavy atom. The molecule has 1 saturated heterocycles. The van der Waals surface area contributed by atoms with Crippen LogP contribution in [0.25, 0.3) is 0 Å². The predicted octanol–water partition coefficient (Wildman–Crippen LogP) is 2.06. The average molecular weight is 203 g/mol. The second-order valence-electron chi connectivity index (χ2n) is 3.87. The molecule has 0 amide bonds. The molecule has 79 valence electrons. The van der Waals surface area contributed by atoms with Gasteiger partial charge in [0.2, 0.25) is 0 Å². The van der Waals surface area contributed by atoms with Crippen molar-refractivity contribution in [3.8, 4) is 0 Å². The zero-order valence-electron chi connectivity index (χ0n) is 8.97. The molecule has 1 aliphatic rings. The fraction of sp³-hybridized carbons (Fsp3) is 0.385. The van der Waals surface area contributed by atoms with Crippen LogP contribution in [0.5, 0.6) is 0 Å². The van der Waals surface area contributed by atoms with E-state index in [-0.39, 0.29) is 0 Å². The predicted molar refractivity (Wildman–Crippen MR) is 64.3 cm³/mol. The summed E-state index contributed by atoms with van der Waals surface area (Å²) >= 11 is 0. The van der Waals surface area contributed by atoms with Gasteiger partial charge in [0.1, 0.15) is 0 Å². The number of nitrogens with zero attached hydrogens (tertiary/aromatic N) is 2. The Balaban J connectivity index is 2.01. The van der Waals surface area contributed by atoms with E-state index in [1.54, 1.807) is 0 Å². The molecule has 0 aromatic heterocycles. The Morgan fingerprint density at radius 3 is 2.93 bits per heavy atom. The summed E-state index contributed by atoms with van der Waals surface area (Å²) in [4.78, 5) is 2.40. The Morgan fingerprint density at radius 2 is 2.20 bits per heavy atom. The normalized spacial score (nSPS) is 21.3. The second kappa shape index (κ2) is 4.99. The first-order valence-electron chi connectivity index (χ1n) is 5.47. The van der Waals surface area contributed by atoms with Gasteiger partial charge < -0.3 is 4.90 Å². The minimum Gasteiger partial charge on any atom is -0.369 e. The molecular formula is C13H17N2. The van der Waals surface area contributed by atoms with E-state index >= 15 is 0 Å². The van der Waals surface area contributed by atoms with E-state index in [9.17, 15) is 0 Å². The lowest BCUT2D eigenvalue weighted by Gasteiger charge is -2.33. The van der Waals surface area contributed by atoms with Gasteiger partial charge in [0, 0.05) is 31.4 Å². The highest BCUT2D eigenvalue weighted by Crippen LogP contribution is 2.16. The van der Waals surface area contributed by atoms with Crippen LogP contribution >= 0.6 is 0 Å². The third-order valence-corrected chi connectivity index (χ3v) is 2.75. The van der Waals surface area contributed by atoms with Crippen molar-refractivity contribution >= 4 is 5.69 Å². The first-order chi connectivity index (χ1) is 7.40. The van der Waals surface area contributed by atoms with Crippen molar-refractivity contribution in [3.63, 3.8) is 0 Å². The maximum atomic E-state index is 4.58. The van der Waals surface area contributed by atoms with Gasteiger partial charge >= 0.3 is 0 Å². The van der Waals surface area contributed by atoms with Gasteiger partial charge in [-0.25, -0.2) is 5.32 Å². The fourth-order valence-corrected chi connectivity index (χ4v) is 1.98. The molecule has 0 spiro atoms. The van der Waals surface area contributed by atoms with Crippen LogP contribution in [0.1, 0.15) is 6.42 Å². The Kier molecular flexibility index (Phi) is 3.41. The Labute approximate surface area is 91.6 Å². The van der Waals surface area contributed by atoms with Crippen LogP contribution in [0.4, 0.5) is 5.69 Å². The topological polar surface area (TPSA) is 17.3 Å². The zero-order valence-corrected chi connectivity index (χ0v) is 8.97. The van der Waals surface area contributed by atoms with E-state index in [1.807, 2.05) is 6.08 Å². The first-order valence-corrected chi connectivity index (χ1v) is 5.47. The van der Waals surface area contributed by atoms with Gasteiger partial charge in [-0.05, 0) is 18.6 Å². The first kappa shape index (κ1) is 10.2. The fourth-order valence-electron chi connectivity index (χ4n) is 1.98. The molecule has 1 aromatic rings. The van der Waals surface area contributed by atoms with Crippen LogP contribution in [0, 0.1) is 0 Å². The van der Waals surface area contributed by atoms with Crippen molar-refractivity contribution < 1.29 is 0 Å². The summed E-state index contributed by atoms with van der Waals surface area (Å²) in [5.74, 6) is 0. The minimum absolute atomic E-state index is 0.427. The molecule has 1 heterocycles. The summed E-state index contributed by atoms with van der Waals surface area (Å²) in [6.07, 6.45) is 2.95. The highest BCUT2D eigenvalue weighted by molar-refractivity contribution is 5.46. The summed E-state index contributed by atoms with van der Waals surface area (Å²) < 4.78 is 0. The summed E-state index contributed by atoms with van der Waals surface area (Å²) in [5, 5.41) is 4.58. The summed E-state index contributed by atoms with van der Waals surface area (Å²) in [6, 6.07) is 11.0. The Bertz CT molecular complexity index is 308. The van der Waals surface area contributed by atoms with E-state index in [4.69, 9.17) is 0 Å². The quantitative estimate of drug-likeness (QED) is 0.687. The minimum atomic E-state index is 0.427. The molecule has 1 atom stereocenters. The molecule has 0 aliphatic carbocycles. The SMILES string of the molecule is C=CCC1CN([14c]2ccccc2)CC[N]1. The van der Waals surface area contributed by atoms with E-state index in [2.05, 4.69) is 47.1 Å². The largest absolute Gasteiger partial charge is 0.369 e. The van der Waals surface area contributed by atoms with Crippen LogP contribution in [0.15, 0.2) is 43.0 Å². The lowest BCUT2D eigenvalue weighted by Crippen LogP contribution is -2.46. The number of anilines is 1. The molecule has 2 nitrogen and oxygen atoms in total. The van der Waals surface area contributed by atoms with Crippen LogP contribution < -0.4 is 10.2 Å². The van der Waals surface area contributed by atoms with Gasteiger partial charge in [0.25, 0.3) is 0 Å². The molecule has 2 heteroatoms. The molecule has 2 rings (SSSR count). The van der Waals surface area contributed by atoms with Gasteiger partial charge in [-0.15, -0.1) is 6.58 Å². The molecular weight excluding hydrogens is 186 g/mol. The van der Waals surface area contributed by atoms with Crippen molar-refractivity contribution in [2.75, 3.05) is 24.5 Å². The van der Waals surface area contributed by atoms with E-state index in [0.29, 0.717) is 6.04 Å². The average Bonchev–Trinajstić information content (AvgIpc) is 2.31. The number of para-hydroxylation sites is 1. The van der Waals surface area contributed by atoms with Crippen molar-refractivity contribution in [2.45, 2.75) is 12.5 Å². The molecule has 1 radical (unpaired) electrons. The van der Waals surface area contributed by atoms with E-state index in [0.717, 1.165) is 26.1 Å². The number of hydrogen-bond donors (Lipinski definition) is 0. The monoisotopic (exact) mass is 203 g/mol. The van der Waals surface area contributed by atoms with Crippen molar-refractivity contribution in [1.82, 2.24) is 5.32 Å². The molecule has 15 heavy (non-hydrogen) atoms. The molecule has 1 fully saturated rings. The summed E-state index contributed by atoms with van der Waals surface area (Å²) in [6.45, 7) is 6.78. The van der Waals surface area contributed by atoms with Gasteiger partial charge in [-0.1, -0.05) is 24.3 Å². The van der Waals surface area contributed by atoms with Crippen LogP contribution in [0.2, 0.25) is 0 Å². The molecule has 1 aromatic carbocycles. The lowest BCUT2D eigenvalue weighted by atomic mass is 10.1. The van der Waals surface area contributed by atoms with Crippen molar-refractivity contribution in [1.29, 1.82) is 0 Å². The highest BCUT2D eigenvalue weighted by Gasteiger charge is 2.18. The highest BCUT2D eigenvalue weighted by atomic mass is 15.5. The number of piperazine rings is 1. The second-order valence-corrected chi connectivity index (χ2v) is 3.87. The van der Waals surface area contributed by atoms with Gasteiger partial charge in [0.05, 0.1) is 0 Å². The van der Waals surface area contributed by atoms with Gasteiger partial charge in [-0.2, -0.15) is 0 Å². The van der Waals surface area contributed by atoms with Gasteiger partial charge in [-0.3, -0.25) is 0 Å². The van der Waals surface area contributed by atoms with Gasteiger partial charge in [0.15, 0.2) is 0 Å². The van der Waals surface area contributed by atoms with Crippen molar-refractivity contribution in [2.24, 2.45) is 0 Å². The number of hydrogen-bond acceptors (Lipinski definition) is 1. The standard InChI is InChI=1S/C13H17N2/c1-2-6-12-11-15(10-9-14-12)13-7-4-3-5-8-13/h2-5,7-8,12H,1,6,9-11H2/i13+2. The lowest BCUT2D eigenvalue weighted by molar-refractivity contribution is 0.451. The van der Waals surface area contributed by atoms with Crippen LogP contribution in [0.3, 0.4) is 0 Å². The smallest absolute Gasteiger partial charge is 0.0456 e. The van der Waals surface area contributed by atoms with Crippen molar-refractivity contribution in [3.05, 3.63) is 43.0 Å². The van der Waals surface area contributed by atoms with Crippen LogP contribution in [-0.4, -0.2) is 25.7 Å². The molecule has 0 N–H and O–H groups in total. The maximum absolute atomic E-state index is 4.58. The summed E-state index contributed by atoms with van der Waals surface area (Å²) in [7, 11) is 0. The van der Waals surface area contributed by atoms with E-state index < -0.39 is 0 Å². The molecule has 0 saturated carbocycles. The van der Waals surface area contributed by atoms with E-state index in [1.165, 1.54) is 5.69 Å². The Hall–Kier alpha value is -1.28. The molecule has 1 aliphatic heterocycles. The third kappa shape index (κ3) is 2.60. The molecule has 0 bridgehead atoms. The number of rotatable bonds is 3.